The van der Waals surface area contributed by atoms with E-state index in [1.54, 1.807) is 12.1 Å². The van der Waals surface area contributed by atoms with Crippen LogP contribution in [0.2, 0.25) is 0 Å². The van der Waals surface area contributed by atoms with Crippen LogP contribution in [0.3, 0.4) is 0 Å². The molecule has 252 valence electrons. The summed E-state index contributed by atoms with van der Waals surface area (Å²) >= 11 is 0. The lowest BCUT2D eigenvalue weighted by Gasteiger charge is -2.64. The summed E-state index contributed by atoms with van der Waals surface area (Å²) < 4.78 is 39.8. The van der Waals surface area contributed by atoms with Crippen LogP contribution in [0.25, 0.3) is 0 Å². The van der Waals surface area contributed by atoms with Crippen LogP contribution in [-0.4, -0.2) is 49.1 Å². The van der Waals surface area contributed by atoms with Crippen LogP contribution in [-0.2, 0) is 21.2 Å². The van der Waals surface area contributed by atoms with Gasteiger partial charge in [0.05, 0.1) is 23.7 Å². The maximum absolute atomic E-state index is 13.1. The van der Waals surface area contributed by atoms with Crippen LogP contribution in [0.15, 0.2) is 23.1 Å². The second-order valence-electron chi connectivity index (χ2n) is 16.4. The number of fused-ring (bicyclic) bond motifs is 6. The smallest absolute Gasteiger partial charge is 0.421 e. The van der Waals surface area contributed by atoms with Gasteiger partial charge < -0.3 is 19.7 Å². The summed E-state index contributed by atoms with van der Waals surface area (Å²) in [5.41, 5.74) is 0.709. The molecule has 3 N–H and O–H groups in total. The van der Waals surface area contributed by atoms with Gasteiger partial charge in [-0.15, -0.1) is 0 Å². The molecule has 8 nitrogen and oxygen atoms in total. The number of sulfonamides is 1. The molecule has 9 heteroatoms. The molecule has 5 aliphatic rings. The lowest BCUT2D eigenvalue weighted by atomic mass is 9.41. The molecular formula is C36H55NO7S. The van der Waals surface area contributed by atoms with E-state index in [1.165, 1.54) is 6.07 Å². The quantitative estimate of drug-likeness (QED) is 0.324. The lowest BCUT2D eigenvalue weighted by molar-refractivity contribution is -0.203. The highest BCUT2D eigenvalue weighted by molar-refractivity contribution is 7.90. The number of aliphatic hydroxyl groups excluding tert-OH is 2. The van der Waals surface area contributed by atoms with Gasteiger partial charge in [-0.25, -0.2) is 17.9 Å². The minimum Gasteiger partial charge on any atom is -0.488 e. The maximum atomic E-state index is 13.1. The van der Waals surface area contributed by atoms with Gasteiger partial charge in [0.2, 0.25) is 0 Å². The first-order chi connectivity index (χ1) is 21.1. The van der Waals surface area contributed by atoms with Crippen LogP contribution in [0.4, 0.5) is 4.79 Å². The molecule has 1 heterocycles. The van der Waals surface area contributed by atoms with Gasteiger partial charge in [0, 0.05) is 0 Å². The predicted octanol–water partition coefficient (Wildman–Crippen LogP) is 6.47. The number of carbonyl (C=O) groups excluding carboxylic acids is 1. The van der Waals surface area contributed by atoms with Crippen LogP contribution in [0.1, 0.15) is 105 Å². The molecule has 4 saturated carbocycles. The molecule has 1 aliphatic heterocycles. The largest absolute Gasteiger partial charge is 0.488 e. The Balaban J connectivity index is 1.10. The first kappa shape index (κ1) is 33.1. The third kappa shape index (κ3) is 5.71. The van der Waals surface area contributed by atoms with Crippen molar-refractivity contribution in [3.05, 3.63) is 23.8 Å². The van der Waals surface area contributed by atoms with Crippen molar-refractivity contribution >= 4 is 16.1 Å². The summed E-state index contributed by atoms with van der Waals surface area (Å²) in [4.78, 5) is 12.8. The highest BCUT2D eigenvalue weighted by Crippen LogP contribution is 2.69. The highest BCUT2D eigenvalue weighted by Gasteiger charge is 2.65. The normalized spacial score (nSPS) is 41.0. The van der Waals surface area contributed by atoms with Gasteiger partial charge in [-0.1, -0.05) is 34.1 Å². The molecule has 0 spiro atoms. The average Bonchev–Trinajstić information content (AvgIpc) is 3.33. The predicted molar refractivity (Wildman–Crippen MR) is 172 cm³/mol. The molecule has 0 aromatic heterocycles. The summed E-state index contributed by atoms with van der Waals surface area (Å²) in [5, 5.41) is 22.5. The third-order valence-corrected chi connectivity index (χ3v) is 14.9. The van der Waals surface area contributed by atoms with Gasteiger partial charge in [-0.2, -0.15) is 0 Å². The summed E-state index contributed by atoms with van der Waals surface area (Å²) in [6, 6.07) is 4.71. The Morgan fingerprint density at radius 2 is 1.73 bits per heavy atom. The zero-order valence-corrected chi connectivity index (χ0v) is 28.9. The van der Waals surface area contributed by atoms with Crippen molar-refractivity contribution in [3.63, 3.8) is 0 Å². The van der Waals surface area contributed by atoms with E-state index in [0.29, 0.717) is 35.8 Å². The molecule has 0 bridgehead atoms. The number of benzene rings is 1. The van der Waals surface area contributed by atoms with E-state index in [1.807, 2.05) is 13.8 Å². The molecule has 45 heavy (non-hydrogen) atoms. The monoisotopic (exact) mass is 645 g/mol. The Kier molecular flexibility index (Phi) is 8.59. The zero-order chi connectivity index (χ0) is 32.5. The number of aliphatic hydroxyl groups is 2. The molecule has 11 atom stereocenters. The van der Waals surface area contributed by atoms with Crippen molar-refractivity contribution in [2.45, 2.75) is 128 Å². The zero-order valence-electron chi connectivity index (χ0n) is 28.1. The topological polar surface area (TPSA) is 122 Å². The van der Waals surface area contributed by atoms with Crippen LogP contribution in [0, 0.1) is 52.3 Å². The van der Waals surface area contributed by atoms with Crippen molar-refractivity contribution in [2.75, 3.05) is 6.61 Å². The summed E-state index contributed by atoms with van der Waals surface area (Å²) in [6.45, 7) is 13.3. The third-order valence-electron chi connectivity index (χ3n) is 13.6. The minimum atomic E-state index is -4.09. The van der Waals surface area contributed by atoms with E-state index in [9.17, 15) is 23.4 Å². The molecule has 0 saturated heterocycles. The van der Waals surface area contributed by atoms with Gasteiger partial charge in [0.15, 0.2) is 0 Å². The van der Waals surface area contributed by atoms with Crippen LogP contribution >= 0.6 is 0 Å². The van der Waals surface area contributed by atoms with Crippen molar-refractivity contribution in [3.8, 4) is 5.75 Å². The number of aryl methyl sites for hydroxylation is 1. The Labute approximate surface area is 270 Å². The highest BCUT2D eigenvalue weighted by atomic mass is 32.2. The molecular weight excluding hydrogens is 590 g/mol. The Bertz CT molecular complexity index is 1400. The molecule has 1 amide bonds. The first-order valence-corrected chi connectivity index (χ1v) is 19.0. The van der Waals surface area contributed by atoms with E-state index in [0.717, 1.165) is 63.4 Å². The Morgan fingerprint density at radius 1 is 1.02 bits per heavy atom. The fourth-order valence-electron chi connectivity index (χ4n) is 11.3. The lowest BCUT2D eigenvalue weighted by Crippen LogP contribution is -2.62. The minimum absolute atomic E-state index is 0.0253. The number of rotatable bonds is 6. The van der Waals surface area contributed by atoms with Crippen molar-refractivity contribution < 1.29 is 32.9 Å². The van der Waals surface area contributed by atoms with Gasteiger partial charge in [0.25, 0.3) is 10.0 Å². The fraction of sp³-hybridized carbons (Fsp3) is 0.806. The van der Waals surface area contributed by atoms with Crippen LogP contribution < -0.4 is 9.46 Å². The number of hydrogen-bond acceptors (Lipinski definition) is 7. The number of amides is 1. The van der Waals surface area contributed by atoms with Gasteiger partial charge >= 0.3 is 6.09 Å². The van der Waals surface area contributed by atoms with Gasteiger partial charge in [-0.05, 0) is 148 Å². The molecule has 5 unspecified atom stereocenters. The van der Waals surface area contributed by atoms with Gasteiger partial charge in [0.1, 0.15) is 11.4 Å². The number of nitrogens with one attached hydrogen (secondary N) is 1. The standard InChI is InChI=1S/C36H55NO7S/c1-7-25-29-19-23(38)13-16-36(29,6)28-14-17-35(5)26(9-10-27(35)31(28)32(25)39)21(2)20-43-33(40)37-45(41,42)24-8-11-30-22(18-24)12-15-34(3,4)44-30/h8,11,18,21,23,25-29,31-32,38-39H,7,9-10,12-17,19-20H2,1-6H3,(H,37,40)/t21-,23-,25-,26?,27+,28+,29?,31?,32-,35?,36?/m1/s1. The fourth-order valence-corrected chi connectivity index (χ4v) is 12.2. The van der Waals surface area contributed by atoms with E-state index in [4.69, 9.17) is 9.47 Å². The Morgan fingerprint density at radius 3 is 2.47 bits per heavy atom. The second kappa shape index (κ2) is 11.7. The number of ether oxygens (including phenoxy) is 2. The van der Waals surface area contributed by atoms with Crippen LogP contribution in [0.5, 0.6) is 5.75 Å². The average molecular weight is 646 g/mol. The van der Waals surface area contributed by atoms with E-state index >= 15 is 0 Å². The SMILES string of the molecule is CC[C@@H]1C2C[C@H](O)CCC2(C)[C@H]2CCC3(C)C([C@H](C)COC(=O)NS(=O)(=O)c4ccc5c(c4)CCC(C)(C)O5)CC[C@H]3C2[C@@H]1O. The van der Waals surface area contributed by atoms with E-state index in [-0.39, 0.29) is 57.9 Å². The molecule has 6 rings (SSSR count). The van der Waals surface area contributed by atoms with E-state index < -0.39 is 16.1 Å². The Hall–Kier alpha value is -1.84. The summed E-state index contributed by atoms with van der Waals surface area (Å²) in [6.07, 6.45) is 7.82. The number of carbonyl (C=O) groups is 1. The molecule has 4 aliphatic carbocycles. The summed E-state index contributed by atoms with van der Waals surface area (Å²) in [5.74, 6) is 2.77. The molecule has 4 fully saturated rings. The summed E-state index contributed by atoms with van der Waals surface area (Å²) in [7, 11) is -4.09. The van der Waals surface area contributed by atoms with E-state index in [2.05, 4.69) is 32.4 Å². The van der Waals surface area contributed by atoms with Crippen molar-refractivity contribution in [2.24, 2.45) is 52.3 Å². The van der Waals surface area contributed by atoms with Gasteiger partial charge in [-0.3, -0.25) is 0 Å². The maximum Gasteiger partial charge on any atom is 0.421 e. The molecule has 1 aromatic carbocycles. The first-order valence-electron chi connectivity index (χ1n) is 17.5. The molecule has 0 radical (unpaired) electrons. The second-order valence-corrected chi connectivity index (χ2v) is 18.1. The molecule has 1 aromatic rings. The van der Waals surface area contributed by atoms with Crippen molar-refractivity contribution in [1.82, 2.24) is 4.72 Å². The van der Waals surface area contributed by atoms with Crippen molar-refractivity contribution in [1.29, 1.82) is 0 Å². The number of hydrogen-bond donors (Lipinski definition) is 3.